The van der Waals surface area contributed by atoms with Gasteiger partial charge in [0, 0.05) is 28.9 Å². The summed E-state index contributed by atoms with van der Waals surface area (Å²) in [5.41, 5.74) is 0.724. The molecule has 1 unspecified atom stereocenters. The normalized spacial score (nSPS) is 12.2. The van der Waals surface area contributed by atoms with Crippen LogP contribution in [-0.4, -0.2) is 16.6 Å². The van der Waals surface area contributed by atoms with Gasteiger partial charge in [0.15, 0.2) is 0 Å². The summed E-state index contributed by atoms with van der Waals surface area (Å²) in [5.74, 6) is 0.522. The third-order valence-electron chi connectivity index (χ3n) is 3.54. The molecule has 24 heavy (non-hydrogen) atoms. The lowest BCUT2D eigenvalue weighted by Crippen LogP contribution is -2.20. The molecule has 0 saturated carbocycles. The zero-order valence-corrected chi connectivity index (χ0v) is 13.5. The molecule has 1 aromatic carbocycles. The molecule has 124 valence electrons. The highest BCUT2D eigenvalue weighted by atomic mass is 32.1. The molecule has 0 spiro atoms. The van der Waals surface area contributed by atoms with Crippen LogP contribution in [0.2, 0.25) is 0 Å². The lowest BCUT2D eigenvalue weighted by molar-refractivity contribution is -0.384. The SMILES string of the molecule is O=[N+]([O-])c1ccccc1-c1ccc(CNCC(O)c2ccco2)s1. The van der Waals surface area contributed by atoms with Crippen molar-refractivity contribution in [2.75, 3.05) is 6.54 Å². The molecular formula is C17H16N2O4S. The third kappa shape index (κ3) is 3.70. The molecule has 6 nitrogen and oxygen atoms in total. The van der Waals surface area contributed by atoms with Gasteiger partial charge in [-0.05, 0) is 30.3 Å². The number of thiophene rings is 1. The van der Waals surface area contributed by atoms with Crippen molar-refractivity contribution in [2.24, 2.45) is 0 Å². The molecule has 2 aromatic heterocycles. The van der Waals surface area contributed by atoms with Gasteiger partial charge in [0.1, 0.15) is 11.9 Å². The summed E-state index contributed by atoms with van der Waals surface area (Å²) in [6.45, 7) is 0.940. The fourth-order valence-electron chi connectivity index (χ4n) is 2.37. The number of benzene rings is 1. The molecule has 2 N–H and O–H groups in total. The van der Waals surface area contributed by atoms with Crippen molar-refractivity contribution in [1.29, 1.82) is 0 Å². The monoisotopic (exact) mass is 344 g/mol. The second kappa shape index (κ2) is 7.39. The van der Waals surface area contributed by atoms with E-state index in [4.69, 9.17) is 4.42 Å². The van der Waals surface area contributed by atoms with Crippen LogP contribution in [0.1, 0.15) is 16.7 Å². The number of hydrogen-bond acceptors (Lipinski definition) is 6. The number of nitro benzene ring substituents is 1. The van der Waals surface area contributed by atoms with Gasteiger partial charge in [0.05, 0.1) is 16.7 Å². The van der Waals surface area contributed by atoms with E-state index in [-0.39, 0.29) is 10.6 Å². The lowest BCUT2D eigenvalue weighted by Gasteiger charge is -2.08. The molecule has 0 fully saturated rings. The average molecular weight is 344 g/mol. The molecule has 7 heteroatoms. The van der Waals surface area contributed by atoms with Crippen LogP contribution in [0, 0.1) is 10.1 Å². The highest BCUT2D eigenvalue weighted by Crippen LogP contribution is 2.34. The van der Waals surface area contributed by atoms with Crippen LogP contribution in [0.15, 0.2) is 59.2 Å². The van der Waals surface area contributed by atoms with Crippen LogP contribution in [0.5, 0.6) is 0 Å². The van der Waals surface area contributed by atoms with E-state index in [2.05, 4.69) is 5.32 Å². The summed E-state index contributed by atoms with van der Waals surface area (Å²) < 4.78 is 5.14. The molecule has 3 rings (SSSR count). The molecule has 0 radical (unpaired) electrons. The highest BCUT2D eigenvalue weighted by Gasteiger charge is 2.16. The molecular weight excluding hydrogens is 328 g/mol. The number of nitro groups is 1. The maximum Gasteiger partial charge on any atom is 0.278 e. The Hall–Kier alpha value is -2.48. The lowest BCUT2D eigenvalue weighted by atomic mass is 10.1. The van der Waals surface area contributed by atoms with Crippen LogP contribution in [-0.2, 0) is 6.54 Å². The summed E-state index contributed by atoms with van der Waals surface area (Å²) in [5, 5.41) is 24.2. The number of para-hydroxylation sites is 1. The van der Waals surface area contributed by atoms with Crippen molar-refractivity contribution in [3.63, 3.8) is 0 Å². The Morgan fingerprint density at radius 3 is 2.79 bits per heavy atom. The van der Waals surface area contributed by atoms with Crippen molar-refractivity contribution >= 4 is 17.0 Å². The summed E-state index contributed by atoms with van der Waals surface area (Å²) in [7, 11) is 0. The van der Waals surface area contributed by atoms with Gasteiger partial charge < -0.3 is 14.8 Å². The van der Waals surface area contributed by atoms with E-state index in [0.29, 0.717) is 24.4 Å². The summed E-state index contributed by atoms with van der Waals surface area (Å²) in [4.78, 5) is 12.6. The van der Waals surface area contributed by atoms with Crippen molar-refractivity contribution in [3.05, 3.63) is 75.5 Å². The van der Waals surface area contributed by atoms with Gasteiger partial charge >= 0.3 is 0 Å². The quantitative estimate of drug-likeness (QED) is 0.503. The number of aliphatic hydroxyl groups excluding tert-OH is 1. The van der Waals surface area contributed by atoms with E-state index in [0.717, 1.165) is 9.75 Å². The molecule has 2 heterocycles. The smallest absolute Gasteiger partial charge is 0.278 e. The predicted octanol–water partition coefficient (Wildman–Crippen LogP) is 3.74. The number of hydrogen-bond donors (Lipinski definition) is 2. The van der Waals surface area contributed by atoms with E-state index >= 15 is 0 Å². The number of rotatable bonds is 7. The van der Waals surface area contributed by atoms with Crippen molar-refractivity contribution < 1.29 is 14.4 Å². The van der Waals surface area contributed by atoms with Gasteiger partial charge in [0.25, 0.3) is 5.69 Å². The first-order valence-corrected chi connectivity index (χ1v) is 8.21. The van der Waals surface area contributed by atoms with E-state index in [1.54, 1.807) is 30.3 Å². The molecule has 0 bridgehead atoms. The third-order valence-corrected chi connectivity index (χ3v) is 4.65. The zero-order chi connectivity index (χ0) is 16.9. The van der Waals surface area contributed by atoms with Gasteiger partial charge in [-0.3, -0.25) is 10.1 Å². The van der Waals surface area contributed by atoms with E-state index in [9.17, 15) is 15.2 Å². The van der Waals surface area contributed by atoms with Crippen LogP contribution in [0.25, 0.3) is 10.4 Å². The number of furan rings is 1. The minimum Gasteiger partial charge on any atom is -0.467 e. The van der Waals surface area contributed by atoms with E-state index in [1.165, 1.54) is 23.7 Å². The Balaban J connectivity index is 1.63. The highest BCUT2D eigenvalue weighted by molar-refractivity contribution is 7.15. The fraction of sp³-hybridized carbons (Fsp3) is 0.176. The number of aliphatic hydroxyl groups is 1. The Labute approximate surface area is 142 Å². The molecule has 0 aliphatic rings. The molecule has 0 amide bonds. The Bertz CT molecular complexity index is 814. The first kappa shape index (κ1) is 16.4. The first-order valence-electron chi connectivity index (χ1n) is 7.40. The van der Waals surface area contributed by atoms with E-state index < -0.39 is 6.10 Å². The van der Waals surface area contributed by atoms with Gasteiger partial charge in [0.2, 0.25) is 0 Å². The van der Waals surface area contributed by atoms with Crippen LogP contribution in [0.4, 0.5) is 5.69 Å². The van der Waals surface area contributed by atoms with Gasteiger partial charge in [-0.25, -0.2) is 0 Å². The Morgan fingerprint density at radius 1 is 1.21 bits per heavy atom. The fourth-order valence-corrected chi connectivity index (χ4v) is 3.38. The number of nitrogens with zero attached hydrogens (tertiary/aromatic N) is 1. The van der Waals surface area contributed by atoms with Crippen LogP contribution >= 0.6 is 11.3 Å². The van der Waals surface area contributed by atoms with Crippen molar-refractivity contribution in [1.82, 2.24) is 5.32 Å². The van der Waals surface area contributed by atoms with Gasteiger partial charge in [-0.15, -0.1) is 11.3 Å². The zero-order valence-electron chi connectivity index (χ0n) is 12.7. The second-order valence-electron chi connectivity index (χ2n) is 5.20. The maximum absolute atomic E-state index is 11.1. The molecule has 3 aromatic rings. The topological polar surface area (TPSA) is 88.5 Å². The largest absolute Gasteiger partial charge is 0.467 e. The Morgan fingerprint density at radius 2 is 2.04 bits per heavy atom. The average Bonchev–Trinajstić information content (AvgIpc) is 3.26. The van der Waals surface area contributed by atoms with Crippen LogP contribution in [0.3, 0.4) is 0 Å². The minimum absolute atomic E-state index is 0.104. The maximum atomic E-state index is 11.1. The summed E-state index contributed by atoms with van der Waals surface area (Å²) in [6, 6.07) is 14.0. The standard InChI is InChI=1S/C17H16N2O4S/c20-15(16-6-3-9-23-16)11-18-10-12-7-8-17(24-12)13-4-1-2-5-14(13)19(21)22/h1-9,15,18,20H,10-11H2. The molecule has 0 aliphatic carbocycles. The summed E-state index contributed by atoms with van der Waals surface area (Å²) >= 11 is 1.49. The number of nitrogens with one attached hydrogen (secondary N) is 1. The van der Waals surface area contributed by atoms with Crippen LogP contribution < -0.4 is 5.32 Å². The predicted molar refractivity (Wildman–Crippen MR) is 91.8 cm³/mol. The molecule has 1 atom stereocenters. The second-order valence-corrected chi connectivity index (χ2v) is 6.37. The van der Waals surface area contributed by atoms with Crippen molar-refractivity contribution in [2.45, 2.75) is 12.6 Å². The van der Waals surface area contributed by atoms with Crippen molar-refractivity contribution in [3.8, 4) is 10.4 Å². The van der Waals surface area contributed by atoms with E-state index in [1.807, 2.05) is 12.1 Å². The first-order chi connectivity index (χ1) is 11.6. The Kier molecular flexibility index (Phi) is 5.05. The molecule has 0 aliphatic heterocycles. The summed E-state index contributed by atoms with van der Waals surface area (Å²) in [6.07, 6.45) is 0.825. The molecule has 0 saturated heterocycles. The van der Waals surface area contributed by atoms with Gasteiger partial charge in [-0.2, -0.15) is 0 Å². The van der Waals surface area contributed by atoms with Gasteiger partial charge in [-0.1, -0.05) is 12.1 Å². The minimum atomic E-state index is -0.699.